The summed E-state index contributed by atoms with van der Waals surface area (Å²) in [6.45, 7) is 29.0. The first-order valence-electron chi connectivity index (χ1n) is 30.6. The van der Waals surface area contributed by atoms with Gasteiger partial charge in [-0.05, 0) is 94.8 Å². The first kappa shape index (κ1) is 78.2. The molecule has 0 aromatic carbocycles. The summed E-state index contributed by atoms with van der Waals surface area (Å²) in [5, 5.41) is 23.0. The largest absolute Gasteiger partial charge is 0.390 e. The van der Waals surface area contributed by atoms with E-state index in [0.29, 0.717) is 6.42 Å². The van der Waals surface area contributed by atoms with E-state index in [1.54, 1.807) is 74.5 Å². The number of hydrogen-bond donors (Lipinski definition) is 6. The van der Waals surface area contributed by atoms with E-state index in [1.165, 1.54) is 82.8 Å². The maximum Gasteiger partial charge on any atom is 0.246 e. The van der Waals surface area contributed by atoms with E-state index >= 15 is 9.59 Å². The van der Waals surface area contributed by atoms with Crippen LogP contribution in [0.25, 0.3) is 0 Å². The topological polar surface area (TPSA) is 279 Å². The van der Waals surface area contributed by atoms with Crippen LogP contribution in [0.15, 0.2) is 12.2 Å². The molecular formula is C62H111N11O12S. The van der Waals surface area contributed by atoms with Crippen molar-refractivity contribution in [2.24, 2.45) is 35.5 Å². The third kappa shape index (κ3) is 22.1. The molecule has 11 amide bonds. The smallest absolute Gasteiger partial charge is 0.246 e. The lowest BCUT2D eigenvalue weighted by atomic mass is 9.91. The Balaban J connectivity index is 4.35. The van der Waals surface area contributed by atoms with Gasteiger partial charge in [-0.25, -0.2) is 0 Å². The molecule has 1 rings (SSSR count). The van der Waals surface area contributed by atoms with Crippen molar-refractivity contribution in [1.29, 1.82) is 0 Å². The second-order valence-corrected chi connectivity index (χ2v) is 27.7. The van der Waals surface area contributed by atoms with E-state index in [1.807, 2.05) is 41.5 Å². The Morgan fingerprint density at radius 2 is 0.965 bits per heavy atom. The zero-order valence-corrected chi connectivity index (χ0v) is 57.3. The van der Waals surface area contributed by atoms with Crippen LogP contribution in [0.1, 0.15) is 156 Å². The summed E-state index contributed by atoms with van der Waals surface area (Å²) >= 11 is 4.70. The maximum atomic E-state index is 15.1. The Labute approximate surface area is 520 Å². The number of thiol groups is 1. The molecule has 1 aliphatic heterocycles. The number of nitrogens with one attached hydrogen (secondary N) is 4. The number of rotatable bonds is 15. The number of carbonyl (C=O) groups is 11. The molecule has 1 saturated heterocycles. The molecule has 23 nitrogen and oxygen atoms in total. The van der Waals surface area contributed by atoms with Crippen LogP contribution in [0.3, 0.4) is 0 Å². The summed E-state index contributed by atoms with van der Waals surface area (Å²) in [7, 11) is 9.85. The average Bonchev–Trinajstić information content (AvgIpc) is 3.54. The third-order valence-corrected chi connectivity index (χ3v) is 16.3. The average molecular weight is 1230 g/mol. The van der Waals surface area contributed by atoms with Crippen molar-refractivity contribution in [3.8, 4) is 0 Å². The van der Waals surface area contributed by atoms with E-state index < -0.39 is 161 Å². The number of likely N-dealkylation sites (N-methyl/N-ethyl adjacent to an activating group) is 7. The van der Waals surface area contributed by atoms with Crippen LogP contribution in [-0.4, -0.2) is 232 Å². The minimum Gasteiger partial charge on any atom is -0.390 e. The predicted octanol–water partition coefficient (Wildman–Crippen LogP) is 3.32. The van der Waals surface area contributed by atoms with Crippen LogP contribution in [0.5, 0.6) is 0 Å². The number of carbonyl (C=O) groups excluding carboxylic acids is 11. The molecule has 1 heterocycles. The Morgan fingerprint density at radius 1 is 0.523 bits per heavy atom. The first-order chi connectivity index (χ1) is 39.5. The number of aliphatic hydroxyl groups is 1. The molecular weight excluding hydrogens is 1120 g/mol. The molecule has 0 aromatic heterocycles. The van der Waals surface area contributed by atoms with Crippen LogP contribution in [0.4, 0.5) is 0 Å². The summed E-state index contributed by atoms with van der Waals surface area (Å²) in [6.07, 6.45) is 2.81. The van der Waals surface area contributed by atoms with Crippen LogP contribution < -0.4 is 21.3 Å². The van der Waals surface area contributed by atoms with Crippen molar-refractivity contribution < 1.29 is 57.8 Å². The molecule has 24 heteroatoms. The quantitative estimate of drug-likeness (QED) is 0.102. The fraction of sp³-hybridized carbons (Fsp3) is 0.790. The van der Waals surface area contributed by atoms with Gasteiger partial charge in [-0.2, -0.15) is 12.6 Å². The van der Waals surface area contributed by atoms with Crippen LogP contribution >= 0.6 is 12.6 Å². The minimum atomic E-state index is -1.62. The van der Waals surface area contributed by atoms with Crippen LogP contribution in [0, 0.1) is 35.5 Å². The van der Waals surface area contributed by atoms with Gasteiger partial charge >= 0.3 is 0 Å². The van der Waals surface area contributed by atoms with E-state index in [4.69, 9.17) is 12.6 Å². The van der Waals surface area contributed by atoms with E-state index in [-0.39, 0.29) is 49.9 Å². The minimum absolute atomic E-state index is 0.00947. The molecule has 1 fully saturated rings. The van der Waals surface area contributed by atoms with Gasteiger partial charge in [-0.1, -0.05) is 109 Å². The number of aliphatic hydroxyl groups excluding tert-OH is 1. The predicted molar refractivity (Wildman–Crippen MR) is 337 cm³/mol. The fourth-order valence-corrected chi connectivity index (χ4v) is 10.8. The summed E-state index contributed by atoms with van der Waals surface area (Å²) in [4.78, 5) is 169. The van der Waals surface area contributed by atoms with Gasteiger partial charge in [0, 0.05) is 54.1 Å². The number of hydrogen-bond acceptors (Lipinski definition) is 13. The van der Waals surface area contributed by atoms with Gasteiger partial charge < -0.3 is 60.7 Å². The number of amides is 11. The fourth-order valence-electron chi connectivity index (χ4n) is 10.7. The summed E-state index contributed by atoms with van der Waals surface area (Å²) < 4.78 is -0.856. The van der Waals surface area contributed by atoms with E-state index in [0.717, 1.165) is 14.7 Å². The number of nitrogens with zero attached hydrogens (tertiary/aromatic N) is 7. The summed E-state index contributed by atoms with van der Waals surface area (Å²) in [6, 6.07) is -12.6. The highest BCUT2D eigenvalue weighted by molar-refractivity contribution is 7.81. The third-order valence-electron chi connectivity index (χ3n) is 16.1. The van der Waals surface area contributed by atoms with Gasteiger partial charge in [0.2, 0.25) is 65.0 Å². The molecule has 0 saturated carbocycles. The molecule has 0 aliphatic carbocycles. The molecule has 0 radical (unpaired) electrons. The van der Waals surface area contributed by atoms with Crippen molar-refractivity contribution in [1.82, 2.24) is 55.6 Å². The SMILES string of the molecule is C/C=C/C[C@@H](C)[C@@H](O)[C@H]1C(=O)N[C@@H](CC)C(=O)N(C)CC(=O)N(C)[C@@H](CC(C)(C)S)C(=O)N[C@@H](C(C)C)C(=O)N(C)[C@@H](CC(C)C)C(=O)N[C@@H](C)C(=O)N[C@H](C)C(=O)N(C)[C@H](CC(C)C)C(=O)N(C)[C@@H](CC(C)C)C(=O)N(C)[C@@H](C(C)C)C(=O)N1C. The van der Waals surface area contributed by atoms with Gasteiger partial charge in [0.15, 0.2) is 0 Å². The van der Waals surface area contributed by atoms with E-state index in [9.17, 15) is 48.3 Å². The second kappa shape index (κ2) is 34.7. The highest BCUT2D eigenvalue weighted by atomic mass is 32.1. The first-order valence-corrected chi connectivity index (χ1v) is 31.0. The van der Waals surface area contributed by atoms with Crippen molar-refractivity contribution in [2.45, 2.75) is 227 Å². The monoisotopic (exact) mass is 1230 g/mol. The molecule has 0 unspecified atom stereocenters. The highest BCUT2D eigenvalue weighted by Gasteiger charge is 2.46. The lowest BCUT2D eigenvalue weighted by Crippen LogP contribution is -2.63. The standard InChI is InChI=1S/C62H111N11O12S/c1-25-27-28-39(13)51(75)50-55(79)65-42(26-2)57(81)67(18)33-47(74)68(19)46(32-62(16,17)86)54(78)66-48(37(9)10)60(84)69(20)43(29-34(3)4)53(77)63-40(14)52(76)64-41(15)56(80)70(21)44(30-35(5)6)58(82)71(22)45(31-36(7)8)59(83)72(23)49(38(11)12)61(85)73(50)24/h25,27,34-46,48-51,75,86H,26,28-33H2,1-24H3,(H,63,77)(H,64,76)(H,65,79)(H,66,78)/b27-25+/t39-,40+,41-,42+,43+,44-,45+,46+,48+,49+,50+,51-/m1/s1. The molecule has 86 heavy (non-hydrogen) atoms. The van der Waals surface area contributed by atoms with Crippen molar-refractivity contribution in [3.63, 3.8) is 0 Å². The van der Waals surface area contributed by atoms with Crippen LogP contribution in [-0.2, 0) is 52.7 Å². The second-order valence-electron chi connectivity index (χ2n) is 26.5. The van der Waals surface area contributed by atoms with Crippen LogP contribution in [0.2, 0.25) is 0 Å². The highest BCUT2D eigenvalue weighted by Crippen LogP contribution is 2.27. The zero-order chi connectivity index (χ0) is 66.9. The maximum absolute atomic E-state index is 15.1. The zero-order valence-electron chi connectivity index (χ0n) is 56.4. The Morgan fingerprint density at radius 3 is 1.42 bits per heavy atom. The Hall–Kier alpha value is -5.78. The van der Waals surface area contributed by atoms with Crippen molar-refractivity contribution in [2.75, 3.05) is 55.9 Å². The molecule has 12 atom stereocenters. The summed E-state index contributed by atoms with van der Waals surface area (Å²) in [5.74, 6) is -9.82. The van der Waals surface area contributed by atoms with Gasteiger partial charge in [-0.3, -0.25) is 52.7 Å². The van der Waals surface area contributed by atoms with Crippen molar-refractivity contribution in [3.05, 3.63) is 12.2 Å². The van der Waals surface area contributed by atoms with Gasteiger partial charge in [0.1, 0.15) is 60.4 Å². The molecule has 0 bridgehead atoms. The molecule has 0 spiro atoms. The molecule has 5 N–H and O–H groups in total. The van der Waals surface area contributed by atoms with E-state index in [2.05, 4.69) is 21.3 Å². The normalized spacial score (nSPS) is 26.9. The van der Waals surface area contributed by atoms with Gasteiger partial charge in [0.25, 0.3) is 0 Å². The van der Waals surface area contributed by atoms with Gasteiger partial charge in [0.05, 0.1) is 12.6 Å². The number of allylic oxidation sites excluding steroid dienone is 2. The lowest BCUT2D eigenvalue weighted by Gasteiger charge is -2.41. The van der Waals surface area contributed by atoms with Crippen molar-refractivity contribution >= 4 is 77.6 Å². The summed E-state index contributed by atoms with van der Waals surface area (Å²) in [5.41, 5.74) is 0. The van der Waals surface area contributed by atoms with Gasteiger partial charge in [-0.15, -0.1) is 0 Å². The Bertz CT molecular complexity index is 2380. The Kier molecular flexibility index (Phi) is 31.5. The molecule has 0 aromatic rings. The lowest BCUT2D eigenvalue weighted by molar-refractivity contribution is -0.157. The molecule has 492 valence electrons. The molecule has 1 aliphatic rings.